The average Bonchev–Trinajstić information content (AvgIpc) is 2.28. The smallest absolute Gasteiger partial charge is 0.301 e. The normalized spacial score (nSPS) is 17.6. The van der Waals surface area contributed by atoms with Gasteiger partial charge in [-0.1, -0.05) is 0 Å². The van der Waals surface area contributed by atoms with Crippen LogP contribution in [-0.4, -0.2) is 39.0 Å². The van der Waals surface area contributed by atoms with E-state index in [9.17, 15) is 12.8 Å². The molecule has 1 heterocycles. The van der Waals surface area contributed by atoms with E-state index in [1.807, 2.05) is 0 Å². The number of halogens is 1. The summed E-state index contributed by atoms with van der Waals surface area (Å²) in [4.78, 5) is 0. The van der Waals surface area contributed by atoms with Crippen LogP contribution in [0.5, 0.6) is 0 Å². The number of ether oxygens (including phenoxy) is 1. The monoisotopic (exact) mass is 275 g/mol. The van der Waals surface area contributed by atoms with E-state index in [-0.39, 0.29) is 24.5 Å². The third-order valence-corrected chi connectivity index (χ3v) is 4.02. The first-order valence-electron chi connectivity index (χ1n) is 5.39. The Morgan fingerprint density at radius 2 is 1.94 bits per heavy atom. The van der Waals surface area contributed by atoms with Crippen LogP contribution in [0.25, 0.3) is 0 Å². The quantitative estimate of drug-likeness (QED) is 0.782. The molecule has 1 aliphatic rings. The second-order valence-corrected chi connectivity index (χ2v) is 5.56. The van der Waals surface area contributed by atoms with Gasteiger partial charge < -0.3 is 10.5 Å². The lowest BCUT2D eigenvalue weighted by atomic mass is 10.3. The molecule has 3 N–H and O–H groups in total. The molecule has 1 saturated heterocycles. The van der Waals surface area contributed by atoms with Gasteiger partial charge in [0.25, 0.3) is 0 Å². The van der Waals surface area contributed by atoms with Crippen LogP contribution in [0.1, 0.15) is 0 Å². The van der Waals surface area contributed by atoms with Crippen LogP contribution in [-0.2, 0) is 14.9 Å². The molecule has 0 radical (unpaired) electrons. The number of benzene rings is 1. The Bertz CT molecular complexity index is 509. The van der Waals surface area contributed by atoms with Crippen molar-refractivity contribution in [1.29, 1.82) is 0 Å². The lowest BCUT2D eigenvalue weighted by molar-refractivity contribution is 0.0733. The summed E-state index contributed by atoms with van der Waals surface area (Å²) < 4.78 is 45.7. The Kier molecular flexibility index (Phi) is 3.69. The standard InChI is InChI=1S/C10H14FN3O3S/c11-8-5-9(12)7-10(6-8)13-18(15,16)14-1-3-17-4-2-14/h5-7,13H,1-4,12H2. The highest BCUT2D eigenvalue weighted by Gasteiger charge is 2.24. The zero-order valence-electron chi connectivity index (χ0n) is 9.60. The molecule has 0 amide bonds. The van der Waals surface area contributed by atoms with Gasteiger partial charge in [-0.3, -0.25) is 4.72 Å². The van der Waals surface area contributed by atoms with Gasteiger partial charge in [0.1, 0.15) is 5.82 Å². The first-order chi connectivity index (χ1) is 8.47. The molecular formula is C10H14FN3O3S. The van der Waals surface area contributed by atoms with E-state index >= 15 is 0 Å². The second kappa shape index (κ2) is 5.09. The number of hydrogen-bond acceptors (Lipinski definition) is 4. The van der Waals surface area contributed by atoms with Gasteiger partial charge in [0.15, 0.2) is 0 Å². The van der Waals surface area contributed by atoms with Gasteiger partial charge in [-0.15, -0.1) is 0 Å². The first kappa shape index (κ1) is 13.1. The van der Waals surface area contributed by atoms with E-state index in [0.717, 1.165) is 12.1 Å². The molecule has 2 rings (SSSR count). The van der Waals surface area contributed by atoms with Gasteiger partial charge in [-0.25, -0.2) is 4.39 Å². The molecule has 0 aliphatic carbocycles. The van der Waals surface area contributed by atoms with Crippen molar-refractivity contribution in [3.05, 3.63) is 24.0 Å². The van der Waals surface area contributed by atoms with Gasteiger partial charge in [0.05, 0.1) is 18.9 Å². The Balaban J connectivity index is 2.16. The van der Waals surface area contributed by atoms with Crippen LogP contribution in [0.2, 0.25) is 0 Å². The summed E-state index contributed by atoms with van der Waals surface area (Å²) in [6.45, 7) is 1.26. The summed E-state index contributed by atoms with van der Waals surface area (Å²) >= 11 is 0. The van der Waals surface area contributed by atoms with Crippen molar-refractivity contribution in [2.75, 3.05) is 36.8 Å². The van der Waals surface area contributed by atoms with Crippen molar-refractivity contribution >= 4 is 21.6 Å². The molecule has 0 bridgehead atoms. The molecule has 0 atom stereocenters. The summed E-state index contributed by atoms with van der Waals surface area (Å²) in [5, 5.41) is 0. The van der Waals surface area contributed by atoms with Crippen LogP contribution >= 0.6 is 0 Å². The minimum atomic E-state index is -3.69. The van der Waals surface area contributed by atoms with Crippen molar-refractivity contribution in [3.8, 4) is 0 Å². The van der Waals surface area contributed by atoms with Crippen LogP contribution in [0, 0.1) is 5.82 Å². The number of nitrogens with two attached hydrogens (primary N) is 1. The molecule has 18 heavy (non-hydrogen) atoms. The van der Waals surface area contributed by atoms with Gasteiger partial charge in [-0.05, 0) is 18.2 Å². The minimum absolute atomic E-state index is 0.110. The van der Waals surface area contributed by atoms with Crippen molar-refractivity contribution in [2.45, 2.75) is 0 Å². The summed E-state index contributed by atoms with van der Waals surface area (Å²) in [6, 6.07) is 3.56. The van der Waals surface area contributed by atoms with Crippen LogP contribution in [0.3, 0.4) is 0 Å². The average molecular weight is 275 g/mol. The Labute approximate surface area is 105 Å². The van der Waals surface area contributed by atoms with Crippen molar-refractivity contribution < 1.29 is 17.5 Å². The van der Waals surface area contributed by atoms with E-state index < -0.39 is 16.0 Å². The fourth-order valence-corrected chi connectivity index (χ4v) is 2.85. The van der Waals surface area contributed by atoms with Crippen LogP contribution < -0.4 is 10.5 Å². The van der Waals surface area contributed by atoms with E-state index in [1.165, 1.54) is 10.4 Å². The number of morpholine rings is 1. The summed E-state index contributed by atoms with van der Waals surface area (Å²) in [5.41, 5.74) is 5.72. The van der Waals surface area contributed by atoms with Gasteiger partial charge in [-0.2, -0.15) is 12.7 Å². The third kappa shape index (κ3) is 3.09. The molecule has 1 aromatic rings. The van der Waals surface area contributed by atoms with E-state index in [2.05, 4.69) is 4.72 Å². The van der Waals surface area contributed by atoms with Gasteiger partial charge in [0, 0.05) is 18.8 Å². The van der Waals surface area contributed by atoms with E-state index in [4.69, 9.17) is 10.5 Å². The van der Waals surface area contributed by atoms with Crippen molar-refractivity contribution in [1.82, 2.24) is 4.31 Å². The molecule has 0 unspecified atom stereocenters. The Hall–Kier alpha value is -1.38. The number of anilines is 2. The highest BCUT2D eigenvalue weighted by Crippen LogP contribution is 2.18. The highest BCUT2D eigenvalue weighted by atomic mass is 32.2. The Morgan fingerprint density at radius 1 is 1.28 bits per heavy atom. The maximum absolute atomic E-state index is 13.1. The van der Waals surface area contributed by atoms with Crippen molar-refractivity contribution in [2.24, 2.45) is 0 Å². The first-order valence-corrected chi connectivity index (χ1v) is 6.83. The molecule has 1 aliphatic heterocycles. The summed E-state index contributed by atoms with van der Waals surface area (Å²) in [7, 11) is -3.69. The second-order valence-electron chi connectivity index (χ2n) is 3.89. The predicted molar refractivity (Wildman–Crippen MR) is 65.7 cm³/mol. The fraction of sp³-hybridized carbons (Fsp3) is 0.400. The molecule has 1 aromatic carbocycles. The zero-order valence-corrected chi connectivity index (χ0v) is 10.4. The van der Waals surface area contributed by atoms with Gasteiger partial charge in [0.2, 0.25) is 0 Å². The maximum atomic E-state index is 13.1. The fourth-order valence-electron chi connectivity index (χ4n) is 1.67. The number of rotatable bonds is 3. The Morgan fingerprint density at radius 3 is 2.56 bits per heavy atom. The topological polar surface area (TPSA) is 84.7 Å². The zero-order chi connectivity index (χ0) is 13.2. The number of nitrogens with one attached hydrogen (secondary N) is 1. The number of nitrogen functional groups attached to an aromatic ring is 1. The maximum Gasteiger partial charge on any atom is 0.301 e. The lowest BCUT2D eigenvalue weighted by Crippen LogP contribution is -2.43. The van der Waals surface area contributed by atoms with Gasteiger partial charge >= 0.3 is 10.2 Å². The molecule has 6 nitrogen and oxygen atoms in total. The largest absolute Gasteiger partial charge is 0.399 e. The van der Waals surface area contributed by atoms with Crippen molar-refractivity contribution in [3.63, 3.8) is 0 Å². The third-order valence-electron chi connectivity index (χ3n) is 2.48. The van der Waals surface area contributed by atoms with E-state index in [1.54, 1.807) is 0 Å². The number of hydrogen-bond donors (Lipinski definition) is 2. The highest BCUT2D eigenvalue weighted by molar-refractivity contribution is 7.90. The summed E-state index contributed by atoms with van der Waals surface area (Å²) in [5.74, 6) is -0.588. The van der Waals surface area contributed by atoms with Crippen LogP contribution in [0.15, 0.2) is 18.2 Å². The molecule has 8 heteroatoms. The summed E-state index contributed by atoms with van der Waals surface area (Å²) in [6.07, 6.45) is 0. The molecular weight excluding hydrogens is 261 g/mol. The van der Waals surface area contributed by atoms with E-state index in [0.29, 0.717) is 13.2 Å². The predicted octanol–water partition coefficient (Wildman–Crippen LogP) is 0.397. The molecule has 0 aromatic heterocycles. The minimum Gasteiger partial charge on any atom is -0.399 e. The van der Waals surface area contributed by atoms with Crippen LogP contribution in [0.4, 0.5) is 15.8 Å². The number of nitrogens with zero attached hydrogens (tertiary/aromatic N) is 1. The molecule has 0 saturated carbocycles. The molecule has 100 valence electrons. The lowest BCUT2D eigenvalue weighted by Gasteiger charge is -2.26. The SMILES string of the molecule is Nc1cc(F)cc(NS(=O)(=O)N2CCOCC2)c1. The molecule has 1 fully saturated rings. The molecule has 0 spiro atoms.